The summed E-state index contributed by atoms with van der Waals surface area (Å²) in [6, 6.07) is 6.45. The van der Waals surface area contributed by atoms with Gasteiger partial charge in [0.05, 0.1) is 11.2 Å². The molecule has 0 fully saturated rings. The van der Waals surface area contributed by atoms with Gasteiger partial charge in [-0.05, 0) is 24.0 Å². The monoisotopic (exact) mass is 202 g/mol. The van der Waals surface area contributed by atoms with Gasteiger partial charge in [0.25, 0.3) is 0 Å². The Morgan fingerprint density at radius 1 is 1.20 bits per heavy atom. The molecule has 0 radical (unpaired) electrons. The maximum atomic E-state index is 4.48. The summed E-state index contributed by atoms with van der Waals surface area (Å²) < 4.78 is 1.96. The predicted octanol–water partition coefficient (Wildman–Crippen LogP) is 3.18. The van der Waals surface area contributed by atoms with Crippen LogP contribution in [-0.2, 0) is 12.5 Å². The Morgan fingerprint density at radius 2 is 1.87 bits per heavy atom. The fraction of sp³-hybridized carbons (Fsp3) is 0.462. The smallest absolute Gasteiger partial charge is 0.0684 e. The fourth-order valence-electron chi connectivity index (χ4n) is 2.14. The molecule has 0 N–H and O–H groups in total. The SMILES string of the molecule is Cc1nn(C)c2cccc(C(C)(C)C)c12. The van der Waals surface area contributed by atoms with Gasteiger partial charge in [0.15, 0.2) is 0 Å². The molecule has 2 aromatic rings. The summed E-state index contributed by atoms with van der Waals surface area (Å²) >= 11 is 0. The molecule has 1 heterocycles. The van der Waals surface area contributed by atoms with Crippen molar-refractivity contribution in [1.82, 2.24) is 9.78 Å². The van der Waals surface area contributed by atoms with Gasteiger partial charge in [-0.3, -0.25) is 4.68 Å². The van der Waals surface area contributed by atoms with E-state index in [1.165, 1.54) is 16.5 Å². The number of rotatable bonds is 0. The molecule has 80 valence electrons. The first-order valence-electron chi connectivity index (χ1n) is 5.34. The van der Waals surface area contributed by atoms with Gasteiger partial charge < -0.3 is 0 Å². The maximum absolute atomic E-state index is 4.48. The van der Waals surface area contributed by atoms with Crippen molar-refractivity contribution in [3.8, 4) is 0 Å². The molecule has 2 rings (SSSR count). The molecule has 0 bridgehead atoms. The van der Waals surface area contributed by atoms with Crippen molar-refractivity contribution < 1.29 is 0 Å². The van der Waals surface area contributed by atoms with E-state index in [0.29, 0.717) is 0 Å². The second-order valence-corrected chi connectivity index (χ2v) is 5.16. The lowest BCUT2D eigenvalue weighted by molar-refractivity contribution is 0.595. The van der Waals surface area contributed by atoms with Crippen molar-refractivity contribution in [2.24, 2.45) is 7.05 Å². The highest BCUT2D eigenvalue weighted by atomic mass is 15.3. The summed E-state index contributed by atoms with van der Waals surface area (Å²) in [4.78, 5) is 0. The van der Waals surface area contributed by atoms with E-state index in [9.17, 15) is 0 Å². The molecule has 0 aliphatic heterocycles. The Bertz CT molecular complexity index is 501. The van der Waals surface area contributed by atoms with Crippen LogP contribution in [0.25, 0.3) is 10.9 Å². The molecule has 1 aromatic carbocycles. The van der Waals surface area contributed by atoms with Crippen LogP contribution >= 0.6 is 0 Å². The van der Waals surface area contributed by atoms with Crippen LogP contribution in [0.1, 0.15) is 32.0 Å². The van der Waals surface area contributed by atoms with Crippen LogP contribution < -0.4 is 0 Å². The van der Waals surface area contributed by atoms with Crippen LogP contribution in [0.15, 0.2) is 18.2 Å². The van der Waals surface area contributed by atoms with Gasteiger partial charge in [-0.25, -0.2) is 0 Å². The van der Waals surface area contributed by atoms with Crippen molar-refractivity contribution >= 4 is 10.9 Å². The highest BCUT2D eigenvalue weighted by Gasteiger charge is 2.19. The fourth-order valence-corrected chi connectivity index (χ4v) is 2.14. The normalized spacial score (nSPS) is 12.3. The lowest BCUT2D eigenvalue weighted by atomic mass is 9.84. The minimum Gasteiger partial charge on any atom is -0.268 e. The topological polar surface area (TPSA) is 17.8 Å². The molecular weight excluding hydrogens is 184 g/mol. The van der Waals surface area contributed by atoms with Gasteiger partial charge in [0.1, 0.15) is 0 Å². The number of hydrogen-bond donors (Lipinski definition) is 0. The number of aryl methyl sites for hydroxylation is 2. The Morgan fingerprint density at radius 3 is 2.47 bits per heavy atom. The molecule has 1 aromatic heterocycles. The average Bonchev–Trinajstić information content (AvgIpc) is 2.41. The summed E-state index contributed by atoms with van der Waals surface area (Å²) in [5, 5.41) is 5.79. The first kappa shape index (κ1) is 10.2. The molecule has 0 saturated carbocycles. The van der Waals surface area contributed by atoms with E-state index in [2.05, 4.69) is 51.0 Å². The lowest BCUT2D eigenvalue weighted by Crippen LogP contribution is -2.11. The van der Waals surface area contributed by atoms with E-state index in [1.54, 1.807) is 0 Å². The largest absolute Gasteiger partial charge is 0.268 e. The van der Waals surface area contributed by atoms with Gasteiger partial charge in [-0.1, -0.05) is 32.9 Å². The lowest BCUT2D eigenvalue weighted by Gasteiger charge is -2.20. The number of benzene rings is 1. The second kappa shape index (κ2) is 3.09. The number of fused-ring (bicyclic) bond motifs is 1. The van der Waals surface area contributed by atoms with Gasteiger partial charge in [0, 0.05) is 12.4 Å². The third-order valence-electron chi connectivity index (χ3n) is 2.86. The molecule has 0 aliphatic carbocycles. The number of aromatic nitrogens is 2. The average molecular weight is 202 g/mol. The van der Waals surface area contributed by atoms with Crippen molar-refractivity contribution in [1.29, 1.82) is 0 Å². The molecule has 0 saturated heterocycles. The molecule has 0 aliphatic rings. The van der Waals surface area contributed by atoms with Crippen LogP contribution in [0, 0.1) is 6.92 Å². The van der Waals surface area contributed by atoms with E-state index >= 15 is 0 Å². The number of hydrogen-bond acceptors (Lipinski definition) is 1. The molecule has 15 heavy (non-hydrogen) atoms. The van der Waals surface area contributed by atoms with Crippen LogP contribution in [0.4, 0.5) is 0 Å². The standard InChI is InChI=1S/C13H18N2/c1-9-12-10(13(2,3)4)7-6-8-11(12)15(5)14-9/h6-8H,1-5H3. The molecule has 0 unspecified atom stereocenters. The van der Waals surface area contributed by atoms with Gasteiger partial charge in [0.2, 0.25) is 0 Å². The van der Waals surface area contributed by atoms with Crippen LogP contribution in [0.2, 0.25) is 0 Å². The van der Waals surface area contributed by atoms with Gasteiger partial charge >= 0.3 is 0 Å². The third kappa shape index (κ3) is 1.54. The van der Waals surface area contributed by atoms with Gasteiger partial charge in [-0.2, -0.15) is 5.10 Å². The van der Waals surface area contributed by atoms with E-state index in [-0.39, 0.29) is 5.41 Å². The van der Waals surface area contributed by atoms with Crippen LogP contribution in [0.3, 0.4) is 0 Å². The molecule has 0 atom stereocenters. The first-order valence-corrected chi connectivity index (χ1v) is 5.34. The van der Waals surface area contributed by atoms with Crippen molar-refractivity contribution in [3.63, 3.8) is 0 Å². The molecule has 0 spiro atoms. The molecular formula is C13H18N2. The maximum Gasteiger partial charge on any atom is 0.0684 e. The summed E-state index contributed by atoms with van der Waals surface area (Å²) in [5.74, 6) is 0. The summed E-state index contributed by atoms with van der Waals surface area (Å²) in [5.41, 5.74) is 3.90. The zero-order chi connectivity index (χ0) is 11.2. The quantitative estimate of drug-likeness (QED) is 0.641. The Kier molecular flexibility index (Phi) is 2.10. The highest BCUT2D eigenvalue weighted by Crippen LogP contribution is 2.31. The Labute approximate surface area is 90.9 Å². The first-order chi connectivity index (χ1) is 6.91. The minimum absolute atomic E-state index is 0.174. The van der Waals surface area contributed by atoms with E-state index < -0.39 is 0 Å². The molecule has 2 heteroatoms. The Balaban J connectivity index is 2.87. The highest BCUT2D eigenvalue weighted by molar-refractivity contribution is 5.86. The molecule has 2 nitrogen and oxygen atoms in total. The summed E-state index contributed by atoms with van der Waals surface area (Å²) in [7, 11) is 2.00. The van der Waals surface area contributed by atoms with Crippen LogP contribution in [-0.4, -0.2) is 9.78 Å². The van der Waals surface area contributed by atoms with E-state index in [0.717, 1.165) is 5.69 Å². The third-order valence-corrected chi connectivity index (χ3v) is 2.86. The van der Waals surface area contributed by atoms with Crippen molar-refractivity contribution in [2.75, 3.05) is 0 Å². The zero-order valence-electron chi connectivity index (χ0n) is 10.1. The van der Waals surface area contributed by atoms with E-state index in [1.807, 2.05) is 11.7 Å². The summed E-state index contributed by atoms with van der Waals surface area (Å²) in [6.45, 7) is 8.81. The zero-order valence-corrected chi connectivity index (χ0v) is 10.1. The predicted molar refractivity (Wildman–Crippen MR) is 64.2 cm³/mol. The van der Waals surface area contributed by atoms with Crippen molar-refractivity contribution in [2.45, 2.75) is 33.1 Å². The van der Waals surface area contributed by atoms with Crippen molar-refractivity contribution in [3.05, 3.63) is 29.5 Å². The second-order valence-electron chi connectivity index (χ2n) is 5.16. The molecule has 0 amide bonds. The van der Waals surface area contributed by atoms with E-state index in [4.69, 9.17) is 0 Å². The number of nitrogens with zero attached hydrogens (tertiary/aromatic N) is 2. The van der Waals surface area contributed by atoms with Gasteiger partial charge in [-0.15, -0.1) is 0 Å². The van der Waals surface area contributed by atoms with Crippen LogP contribution in [0.5, 0.6) is 0 Å². The Hall–Kier alpha value is -1.31. The summed E-state index contributed by atoms with van der Waals surface area (Å²) in [6.07, 6.45) is 0. The minimum atomic E-state index is 0.174.